The van der Waals surface area contributed by atoms with Crippen molar-refractivity contribution in [3.8, 4) is 0 Å². The normalized spacial score (nSPS) is 20.7. The molecule has 2 amide bonds. The van der Waals surface area contributed by atoms with Crippen molar-refractivity contribution in [2.24, 2.45) is 5.92 Å². The van der Waals surface area contributed by atoms with Gasteiger partial charge >= 0.3 is 0 Å². The number of carbonyl (C=O) groups is 2. The first-order valence-corrected chi connectivity index (χ1v) is 10.7. The van der Waals surface area contributed by atoms with Gasteiger partial charge in [0.1, 0.15) is 0 Å². The van der Waals surface area contributed by atoms with Crippen LogP contribution in [0.4, 0.5) is 0 Å². The van der Waals surface area contributed by atoms with Gasteiger partial charge < -0.3 is 14.8 Å². The smallest absolute Gasteiger partial charge is 0.226 e. The summed E-state index contributed by atoms with van der Waals surface area (Å²) in [5.41, 5.74) is 2.92. The molecule has 1 saturated heterocycles. The van der Waals surface area contributed by atoms with Gasteiger partial charge in [0.05, 0.1) is 23.8 Å². The first kappa shape index (κ1) is 18.4. The molecule has 2 aromatic rings. The van der Waals surface area contributed by atoms with E-state index in [1.165, 1.54) is 0 Å². The zero-order valence-electron chi connectivity index (χ0n) is 16.9. The van der Waals surface area contributed by atoms with E-state index < -0.39 is 0 Å². The molecule has 0 radical (unpaired) electrons. The molecular weight excluding hydrogens is 368 g/mol. The molecule has 1 aliphatic carbocycles. The van der Waals surface area contributed by atoms with Gasteiger partial charge in [-0.1, -0.05) is 0 Å². The Bertz CT molecular complexity index is 919. The maximum absolute atomic E-state index is 13.0. The molecule has 8 heteroatoms. The molecule has 5 rings (SSSR count). The summed E-state index contributed by atoms with van der Waals surface area (Å²) in [7, 11) is 0. The minimum absolute atomic E-state index is 0.158. The molecule has 3 aliphatic rings. The zero-order valence-corrected chi connectivity index (χ0v) is 16.9. The molecule has 2 aromatic heterocycles. The van der Waals surface area contributed by atoms with Gasteiger partial charge in [-0.3, -0.25) is 14.3 Å². The molecule has 0 atom stereocenters. The number of amides is 2. The highest BCUT2D eigenvalue weighted by Gasteiger charge is 2.51. The topological polar surface area (TPSA) is 87.1 Å². The molecule has 2 aliphatic heterocycles. The minimum Gasteiger partial charge on any atom is -0.348 e. The lowest BCUT2D eigenvalue weighted by molar-refractivity contribution is -0.145. The van der Waals surface area contributed by atoms with Crippen molar-refractivity contribution < 1.29 is 9.59 Å². The number of aromatic amines is 1. The number of carbonyl (C=O) groups excluding carboxylic acids is 2. The molecule has 154 valence electrons. The van der Waals surface area contributed by atoms with E-state index in [2.05, 4.69) is 20.0 Å². The largest absolute Gasteiger partial charge is 0.348 e. The second kappa shape index (κ2) is 7.00. The number of aromatic nitrogens is 4. The quantitative estimate of drug-likeness (QED) is 0.851. The molecule has 1 saturated carbocycles. The Morgan fingerprint density at radius 3 is 2.72 bits per heavy atom. The Balaban J connectivity index is 1.29. The maximum atomic E-state index is 13.0. The maximum Gasteiger partial charge on any atom is 0.226 e. The van der Waals surface area contributed by atoms with Crippen LogP contribution in [-0.2, 0) is 28.1 Å². The molecule has 0 aromatic carbocycles. The molecule has 2 fully saturated rings. The number of likely N-dealkylation sites (tertiary alicyclic amines) is 1. The average Bonchev–Trinajstić information content (AvgIpc) is 3.32. The summed E-state index contributed by atoms with van der Waals surface area (Å²) in [6.07, 6.45) is 10.3. The fraction of sp³-hybridized carbons (Fsp3) is 0.619. The van der Waals surface area contributed by atoms with Crippen LogP contribution < -0.4 is 0 Å². The number of nitrogens with zero attached hydrogens (tertiary/aromatic N) is 5. The highest BCUT2D eigenvalue weighted by atomic mass is 16.2. The summed E-state index contributed by atoms with van der Waals surface area (Å²) in [4.78, 5) is 37.7. The molecular formula is C21H28N6O2. The number of hydrogen-bond donors (Lipinski definition) is 1. The second-order valence-electron chi connectivity index (χ2n) is 8.69. The summed E-state index contributed by atoms with van der Waals surface area (Å²) < 4.78 is 1.83. The number of piperidine rings is 1. The number of nitrogens with one attached hydrogen (secondary N) is 1. The Kier molecular flexibility index (Phi) is 4.44. The van der Waals surface area contributed by atoms with Gasteiger partial charge in [-0.05, 0) is 38.2 Å². The van der Waals surface area contributed by atoms with Gasteiger partial charge in [0.2, 0.25) is 11.8 Å². The van der Waals surface area contributed by atoms with E-state index in [4.69, 9.17) is 0 Å². The highest BCUT2D eigenvalue weighted by Crippen LogP contribution is 2.45. The zero-order chi connectivity index (χ0) is 20.0. The number of aryl methyl sites for hydroxylation is 2. The van der Waals surface area contributed by atoms with Crippen LogP contribution in [0.1, 0.15) is 49.1 Å². The molecule has 1 N–H and O–H groups in total. The van der Waals surface area contributed by atoms with Gasteiger partial charge in [0.25, 0.3) is 0 Å². The third kappa shape index (κ3) is 3.24. The molecule has 4 heterocycles. The van der Waals surface area contributed by atoms with E-state index in [1.807, 2.05) is 28.9 Å². The predicted octanol–water partition coefficient (Wildman–Crippen LogP) is 1.62. The Morgan fingerprint density at radius 2 is 2.03 bits per heavy atom. The number of H-pyrrole nitrogens is 1. The van der Waals surface area contributed by atoms with Crippen molar-refractivity contribution in [2.45, 2.75) is 57.5 Å². The summed E-state index contributed by atoms with van der Waals surface area (Å²) in [6, 6.07) is 0. The monoisotopic (exact) mass is 396 g/mol. The molecule has 0 bridgehead atoms. The van der Waals surface area contributed by atoms with Crippen LogP contribution in [0.5, 0.6) is 0 Å². The van der Waals surface area contributed by atoms with Crippen molar-refractivity contribution in [3.63, 3.8) is 0 Å². The van der Waals surface area contributed by atoms with E-state index in [1.54, 1.807) is 6.33 Å². The Labute approximate surface area is 170 Å². The van der Waals surface area contributed by atoms with Crippen molar-refractivity contribution >= 4 is 11.8 Å². The van der Waals surface area contributed by atoms with Gasteiger partial charge in [-0.15, -0.1) is 0 Å². The molecule has 1 spiro atoms. The van der Waals surface area contributed by atoms with Crippen molar-refractivity contribution in [1.29, 1.82) is 0 Å². The fourth-order valence-corrected chi connectivity index (χ4v) is 4.94. The third-order valence-electron chi connectivity index (χ3n) is 6.71. The van der Waals surface area contributed by atoms with Crippen LogP contribution in [0.25, 0.3) is 0 Å². The van der Waals surface area contributed by atoms with Gasteiger partial charge in [0.15, 0.2) is 0 Å². The fourth-order valence-electron chi connectivity index (χ4n) is 4.94. The van der Waals surface area contributed by atoms with Crippen LogP contribution >= 0.6 is 0 Å². The SMILES string of the molecule is Cc1cnn(CCC(=O)N2CCC3(CC2)c2nc[nH]c2CCN3C(=O)C2CC2)c1. The minimum atomic E-state index is -0.358. The van der Waals surface area contributed by atoms with Crippen LogP contribution in [0.2, 0.25) is 0 Å². The first-order valence-electron chi connectivity index (χ1n) is 10.7. The number of rotatable bonds is 4. The molecule has 0 unspecified atom stereocenters. The van der Waals surface area contributed by atoms with Crippen LogP contribution in [0.3, 0.4) is 0 Å². The summed E-state index contributed by atoms with van der Waals surface area (Å²) in [5.74, 6) is 0.642. The summed E-state index contributed by atoms with van der Waals surface area (Å²) >= 11 is 0. The van der Waals surface area contributed by atoms with Crippen LogP contribution in [0, 0.1) is 12.8 Å². The first-order chi connectivity index (χ1) is 14.1. The molecule has 8 nitrogen and oxygen atoms in total. The highest BCUT2D eigenvalue weighted by molar-refractivity contribution is 5.82. The van der Waals surface area contributed by atoms with E-state index >= 15 is 0 Å². The second-order valence-corrected chi connectivity index (χ2v) is 8.69. The predicted molar refractivity (Wildman–Crippen MR) is 106 cm³/mol. The number of hydrogen-bond acceptors (Lipinski definition) is 4. The van der Waals surface area contributed by atoms with Crippen LogP contribution in [-0.4, -0.2) is 61.0 Å². The van der Waals surface area contributed by atoms with Crippen molar-refractivity contribution in [2.75, 3.05) is 19.6 Å². The van der Waals surface area contributed by atoms with E-state index in [0.29, 0.717) is 26.1 Å². The number of fused-ring (bicyclic) bond motifs is 2. The Hall–Kier alpha value is -2.64. The van der Waals surface area contributed by atoms with E-state index in [0.717, 1.165) is 55.6 Å². The van der Waals surface area contributed by atoms with Crippen molar-refractivity contribution in [1.82, 2.24) is 29.5 Å². The average molecular weight is 396 g/mol. The lowest BCUT2D eigenvalue weighted by Gasteiger charge is -2.50. The lowest BCUT2D eigenvalue weighted by atomic mass is 9.78. The third-order valence-corrected chi connectivity index (χ3v) is 6.71. The van der Waals surface area contributed by atoms with Crippen molar-refractivity contribution in [3.05, 3.63) is 35.7 Å². The van der Waals surface area contributed by atoms with Gasteiger partial charge in [0, 0.05) is 56.8 Å². The standard InChI is InChI=1S/C21H28N6O2/c1-15-12-24-26(13-15)8-5-18(28)25-10-6-21(7-11-25)19-17(22-14-23-19)4-9-27(21)20(29)16-2-3-16/h12-14,16H,2-11H2,1H3,(H,22,23). The van der Waals surface area contributed by atoms with Crippen LogP contribution in [0.15, 0.2) is 18.7 Å². The lowest BCUT2D eigenvalue weighted by Crippen LogP contribution is -2.59. The Morgan fingerprint density at radius 1 is 1.24 bits per heavy atom. The summed E-state index contributed by atoms with van der Waals surface area (Å²) in [6.45, 7) is 4.67. The number of imidazole rings is 1. The van der Waals surface area contributed by atoms with E-state index in [-0.39, 0.29) is 23.3 Å². The van der Waals surface area contributed by atoms with Gasteiger partial charge in [-0.2, -0.15) is 5.10 Å². The van der Waals surface area contributed by atoms with E-state index in [9.17, 15) is 9.59 Å². The molecule has 29 heavy (non-hydrogen) atoms. The summed E-state index contributed by atoms with van der Waals surface area (Å²) in [5, 5.41) is 4.26. The van der Waals surface area contributed by atoms with Gasteiger partial charge in [-0.25, -0.2) is 4.98 Å².